The average Bonchev–Trinajstić information content (AvgIpc) is 3.01. The standard InChI is InChI=1S/C40H32/c1-5-13-32(14-6-1)21-24-38-28-35-27-36(29-38)31-39(30-35,37-19-11-4-12-20-37)40(38,25-22-33-15-7-2-8-16-33)26-23-34-17-9-3-10-18-34/h1-20,35-36H,27-31H2. The molecule has 0 radical (unpaired) electrons. The van der Waals surface area contributed by atoms with Gasteiger partial charge in [0.05, 0.1) is 5.41 Å². The van der Waals surface area contributed by atoms with Crippen LogP contribution in [0.2, 0.25) is 0 Å². The second-order valence-corrected chi connectivity index (χ2v) is 11.9. The SMILES string of the molecule is C(#CC12CC3CC(C1)CC(c1ccccc1)(C3)C2(C#Cc1ccccc1)C#Cc1ccccc1)c1ccccc1. The van der Waals surface area contributed by atoms with E-state index in [-0.39, 0.29) is 10.8 Å². The molecule has 0 N–H and O–H groups in total. The Kier molecular flexibility index (Phi) is 6.11. The van der Waals surface area contributed by atoms with Crippen molar-refractivity contribution in [3.8, 4) is 35.5 Å². The topological polar surface area (TPSA) is 0 Å². The van der Waals surface area contributed by atoms with E-state index in [4.69, 9.17) is 0 Å². The van der Waals surface area contributed by atoms with E-state index in [0.717, 1.165) is 42.4 Å². The van der Waals surface area contributed by atoms with Gasteiger partial charge in [-0.05, 0) is 85.9 Å². The van der Waals surface area contributed by atoms with Crippen LogP contribution in [-0.4, -0.2) is 0 Å². The summed E-state index contributed by atoms with van der Waals surface area (Å²) in [6.07, 6.45) is 5.66. The summed E-state index contributed by atoms with van der Waals surface area (Å²) in [5, 5.41) is 0. The Labute approximate surface area is 238 Å². The number of hydrogen-bond acceptors (Lipinski definition) is 0. The highest BCUT2D eigenvalue weighted by Gasteiger charge is 2.71. The summed E-state index contributed by atoms with van der Waals surface area (Å²) in [7, 11) is 0. The summed E-state index contributed by atoms with van der Waals surface area (Å²) in [4.78, 5) is 0. The quantitative estimate of drug-likeness (QED) is 0.225. The second-order valence-electron chi connectivity index (χ2n) is 11.9. The second kappa shape index (κ2) is 9.95. The number of hydrogen-bond donors (Lipinski definition) is 0. The van der Waals surface area contributed by atoms with Gasteiger partial charge in [0.25, 0.3) is 0 Å². The lowest BCUT2D eigenvalue weighted by Gasteiger charge is -2.68. The van der Waals surface area contributed by atoms with E-state index in [0.29, 0.717) is 11.8 Å². The van der Waals surface area contributed by atoms with Crippen LogP contribution in [-0.2, 0) is 5.41 Å². The van der Waals surface area contributed by atoms with Crippen molar-refractivity contribution in [2.45, 2.75) is 37.5 Å². The van der Waals surface area contributed by atoms with Crippen molar-refractivity contribution in [2.24, 2.45) is 22.7 Å². The Morgan fingerprint density at radius 3 is 1.30 bits per heavy atom. The Morgan fingerprint density at radius 1 is 0.450 bits per heavy atom. The molecule has 4 bridgehead atoms. The van der Waals surface area contributed by atoms with Gasteiger partial charge in [-0.2, -0.15) is 0 Å². The summed E-state index contributed by atoms with van der Waals surface area (Å²) < 4.78 is 0. The molecule has 4 aromatic rings. The Hall–Kier alpha value is -4.44. The molecule has 4 aliphatic rings. The Morgan fingerprint density at radius 2 is 0.850 bits per heavy atom. The Bertz CT molecular complexity index is 1610. The molecule has 0 aromatic heterocycles. The molecule has 4 saturated carbocycles. The van der Waals surface area contributed by atoms with E-state index in [2.05, 4.69) is 157 Å². The maximum absolute atomic E-state index is 3.96. The summed E-state index contributed by atoms with van der Waals surface area (Å²) in [5.74, 6) is 24.1. The normalized spacial score (nSPS) is 26.8. The number of benzene rings is 4. The smallest absolute Gasteiger partial charge is 0.0884 e. The van der Waals surface area contributed by atoms with Gasteiger partial charge in [0, 0.05) is 22.1 Å². The zero-order valence-electron chi connectivity index (χ0n) is 22.7. The first kappa shape index (κ1) is 24.6. The van der Waals surface area contributed by atoms with Gasteiger partial charge in [0.2, 0.25) is 0 Å². The predicted octanol–water partition coefficient (Wildman–Crippen LogP) is 8.28. The van der Waals surface area contributed by atoms with Crippen LogP contribution in [0.3, 0.4) is 0 Å². The lowest BCUT2D eigenvalue weighted by Crippen LogP contribution is -2.66. The van der Waals surface area contributed by atoms with Gasteiger partial charge < -0.3 is 0 Å². The highest BCUT2D eigenvalue weighted by molar-refractivity contribution is 5.56. The first-order valence-corrected chi connectivity index (χ1v) is 14.5. The molecule has 0 saturated heterocycles. The molecule has 40 heavy (non-hydrogen) atoms. The van der Waals surface area contributed by atoms with Crippen LogP contribution in [0.5, 0.6) is 0 Å². The third-order valence-electron chi connectivity index (χ3n) is 9.53. The van der Waals surface area contributed by atoms with Crippen molar-refractivity contribution in [3.05, 3.63) is 144 Å². The zero-order valence-corrected chi connectivity index (χ0v) is 22.7. The summed E-state index contributed by atoms with van der Waals surface area (Å²) in [6.45, 7) is 0. The van der Waals surface area contributed by atoms with Crippen LogP contribution in [0.1, 0.15) is 54.4 Å². The van der Waals surface area contributed by atoms with E-state index in [1.165, 1.54) is 12.0 Å². The minimum Gasteiger partial charge on any atom is -0.0884 e. The maximum atomic E-state index is 3.96. The minimum atomic E-state index is -0.609. The van der Waals surface area contributed by atoms with E-state index in [1.54, 1.807) is 0 Å². The van der Waals surface area contributed by atoms with E-state index >= 15 is 0 Å². The molecular weight excluding hydrogens is 480 g/mol. The third kappa shape index (κ3) is 4.06. The number of rotatable bonds is 1. The van der Waals surface area contributed by atoms with Crippen molar-refractivity contribution in [1.29, 1.82) is 0 Å². The largest absolute Gasteiger partial charge is 0.119 e. The van der Waals surface area contributed by atoms with Crippen molar-refractivity contribution in [1.82, 2.24) is 0 Å². The lowest BCUT2D eigenvalue weighted by atomic mass is 9.32. The third-order valence-corrected chi connectivity index (χ3v) is 9.53. The molecule has 4 aromatic carbocycles. The molecule has 2 atom stereocenters. The van der Waals surface area contributed by atoms with Gasteiger partial charge in [0.1, 0.15) is 5.41 Å². The fourth-order valence-corrected chi connectivity index (χ4v) is 8.16. The molecule has 4 fully saturated rings. The van der Waals surface area contributed by atoms with Crippen molar-refractivity contribution >= 4 is 0 Å². The lowest BCUT2D eigenvalue weighted by molar-refractivity contribution is -0.108. The molecule has 192 valence electrons. The molecule has 0 amide bonds. The van der Waals surface area contributed by atoms with Gasteiger partial charge in [-0.15, -0.1) is 0 Å². The van der Waals surface area contributed by atoms with E-state index in [1.807, 2.05) is 0 Å². The highest BCUT2D eigenvalue weighted by atomic mass is 14.7. The molecular formula is C40H32. The molecule has 0 spiro atoms. The first-order valence-electron chi connectivity index (χ1n) is 14.5. The predicted molar refractivity (Wildman–Crippen MR) is 163 cm³/mol. The molecule has 0 heteroatoms. The van der Waals surface area contributed by atoms with Crippen LogP contribution in [0.15, 0.2) is 121 Å². The van der Waals surface area contributed by atoms with Gasteiger partial charge in [0.15, 0.2) is 0 Å². The first-order chi connectivity index (χ1) is 19.7. The van der Waals surface area contributed by atoms with Crippen LogP contribution in [0, 0.1) is 58.2 Å². The minimum absolute atomic E-state index is 0.173. The molecule has 0 aliphatic heterocycles. The molecule has 4 aliphatic carbocycles. The van der Waals surface area contributed by atoms with E-state index < -0.39 is 5.41 Å². The van der Waals surface area contributed by atoms with Gasteiger partial charge in [-0.3, -0.25) is 0 Å². The fourth-order valence-electron chi connectivity index (χ4n) is 8.16. The molecule has 0 heterocycles. The van der Waals surface area contributed by atoms with Gasteiger partial charge >= 0.3 is 0 Å². The molecule has 2 unspecified atom stereocenters. The summed E-state index contributed by atoms with van der Waals surface area (Å²) >= 11 is 0. The van der Waals surface area contributed by atoms with Crippen LogP contribution < -0.4 is 0 Å². The summed E-state index contributed by atoms with van der Waals surface area (Å²) in [6, 6.07) is 42.4. The van der Waals surface area contributed by atoms with Crippen molar-refractivity contribution < 1.29 is 0 Å². The zero-order chi connectivity index (χ0) is 26.9. The van der Waals surface area contributed by atoms with Crippen molar-refractivity contribution in [2.75, 3.05) is 0 Å². The fraction of sp³-hybridized carbons (Fsp3) is 0.250. The van der Waals surface area contributed by atoms with Gasteiger partial charge in [-0.25, -0.2) is 0 Å². The van der Waals surface area contributed by atoms with E-state index in [9.17, 15) is 0 Å². The maximum Gasteiger partial charge on any atom is 0.119 e. The highest BCUT2D eigenvalue weighted by Crippen LogP contribution is 2.73. The van der Waals surface area contributed by atoms with Crippen LogP contribution in [0.25, 0.3) is 0 Å². The molecule has 0 nitrogen and oxygen atoms in total. The monoisotopic (exact) mass is 512 g/mol. The molecule has 8 rings (SSSR count). The van der Waals surface area contributed by atoms with Crippen molar-refractivity contribution in [3.63, 3.8) is 0 Å². The van der Waals surface area contributed by atoms with Gasteiger partial charge in [-0.1, -0.05) is 120 Å². The van der Waals surface area contributed by atoms with Crippen LogP contribution in [0.4, 0.5) is 0 Å². The Balaban J connectivity index is 1.53. The van der Waals surface area contributed by atoms with Crippen LogP contribution >= 0.6 is 0 Å². The summed E-state index contributed by atoms with van der Waals surface area (Å²) in [5.41, 5.74) is 3.41. The average molecular weight is 513 g/mol.